The van der Waals surface area contributed by atoms with E-state index in [0.29, 0.717) is 10.7 Å². The van der Waals surface area contributed by atoms with E-state index in [9.17, 15) is 0 Å². The Hall–Kier alpha value is -2.01. The minimum absolute atomic E-state index is 0.376. The van der Waals surface area contributed by atoms with Crippen LogP contribution in [0.4, 0.5) is 0 Å². The summed E-state index contributed by atoms with van der Waals surface area (Å²) in [5.41, 5.74) is 2.53. The first-order valence-electron chi connectivity index (χ1n) is 4.73. The number of oxazole rings is 1. The van der Waals surface area contributed by atoms with Crippen LogP contribution in [0.3, 0.4) is 0 Å². The summed E-state index contributed by atoms with van der Waals surface area (Å²) in [5, 5.41) is 0. The highest BCUT2D eigenvalue weighted by atomic mass is 32.1. The topological polar surface area (TPSA) is 54.7 Å². The van der Waals surface area contributed by atoms with Crippen LogP contribution in [0.5, 0.6) is 0 Å². The Kier molecular flexibility index (Phi) is 2.04. The molecule has 1 aromatic carbocycles. The van der Waals surface area contributed by atoms with Gasteiger partial charge >= 0.3 is 0 Å². The van der Waals surface area contributed by atoms with Gasteiger partial charge in [0.05, 0.1) is 5.52 Å². The van der Waals surface area contributed by atoms with Gasteiger partial charge in [0, 0.05) is 18.0 Å². The fourth-order valence-corrected chi connectivity index (χ4v) is 1.74. The van der Waals surface area contributed by atoms with Gasteiger partial charge in [0.2, 0.25) is 0 Å². The first-order valence-corrected chi connectivity index (χ1v) is 5.14. The third-order valence-electron chi connectivity index (χ3n) is 2.24. The Labute approximate surface area is 96.0 Å². The van der Waals surface area contributed by atoms with Gasteiger partial charge in [-0.05, 0) is 36.5 Å². The molecule has 78 valence electrons. The lowest BCUT2D eigenvalue weighted by molar-refractivity contribution is 0.583. The Morgan fingerprint density at radius 2 is 2.00 bits per heavy atom. The molecule has 2 aromatic heterocycles. The van der Waals surface area contributed by atoms with Gasteiger partial charge in [0.25, 0.3) is 4.84 Å². The van der Waals surface area contributed by atoms with E-state index in [4.69, 9.17) is 16.6 Å². The summed E-state index contributed by atoms with van der Waals surface area (Å²) in [7, 11) is 0. The number of benzene rings is 1. The van der Waals surface area contributed by atoms with Gasteiger partial charge in [-0.25, -0.2) is 9.97 Å². The predicted octanol–water partition coefficient (Wildman–Crippen LogP) is 2.95. The Morgan fingerprint density at radius 1 is 1.19 bits per heavy atom. The molecule has 3 aromatic rings. The highest BCUT2D eigenvalue weighted by Gasteiger charge is 2.03. The molecule has 3 rings (SSSR count). The monoisotopic (exact) mass is 229 g/mol. The van der Waals surface area contributed by atoms with E-state index in [0.717, 1.165) is 16.7 Å². The van der Waals surface area contributed by atoms with Crippen LogP contribution >= 0.6 is 12.2 Å². The number of aromatic nitrogens is 3. The molecule has 0 aliphatic carbocycles. The number of nitrogens with one attached hydrogen (secondary N) is 1. The van der Waals surface area contributed by atoms with Crippen molar-refractivity contribution < 1.29 is 4.42 Å². The van der Waals surface area contributed by atoms with Crippen molar-refractivity contribution in [3.8, 4) is 11.4 Å². The van der Waals surface area contributed by atoms with Crippen LogP contribution in [0.1, 0.15) is 0 Å². The van der Waals surface area contributed by atoms with Crippen LogP contribution in [-0.2, 0) is 0 Å². The quantitative estimate of drug-likeness (QED) is 0.652. The summed E-state index contributed by atoms with van der Waals surface area (Å²) in [4.78, 5) is 11.7. The molecule has 0 unspecified atom stereocenters. The number of aromatic amines is 1. The lowest BCUT2D eigenvalue weighted by Gasteiger charge is -1.97. The average molecular weight is 229 g/mol. The normalized spacial score (nSPS) is 10.8. The molecule has 1 N–H and O–H groups in total. The summed E-state index contributed by atoms with van der Waals surface area (Å²) in [5.74, 6) is 0.685. The number of H-pyrrole nitrogens is 1. The molecule has 0 atom stereocenters. The molecule has 5 heteroatoms. The smallest absolute Gasteiger partial charge is 0.266 e. The molecule has 0 spiro atoms. The molecule has 0 fully saturated rings. The van der Waals surface area contributed by atoms with Crippen molar-refractivity contribution >= 4 is 23.3 Å². The first-order chi connectivity index (χ1) is 7.83. The number of hydrogen-bond donors (Lipinski definition) is 1. The Morgan fingerprint density at radius 3 is 2.81 bits per heavy atom. The fourth-order valence-electron chi connectivity index (χ4n) is 1.54. The number of nitrogens with zero attached hydrogens (tertiary/aromatic N) is 2. The summed E-state index contributed by atoms with van der Waals surface area (Å²) in [6.07, 6.45) is 3.42. The zero-order chi connectivity index (χ0) is 11.0. The van der Waals surface area contributed by atoms with Gasteiger partial charge in [-0.2, -0.15) is 0 Å². The third kappa shape index (κ3) is 1.51. The lowest BCUT2D eigenvalue weighted by Crippen LogP contribution is -1.86. The predicted molar refractivity (Wildman–Crippen MR) is 62.4 cm³/mol. The van der Waals surface area contributed by atoms with E-state index >= 15 is 0 Å². The Bertz CT molecular complexity index is 687. The van der Waals surface area contributed by atoms with Crippen molar-refractivity contribution in [3.05, 3.63) is 41.5 Å². The van der Waals surface area contributed by atoms with Crippen LogP contribution < -0.4 is 0 Å². The molecule has 0 saturated heterocycles. The minimum atomic E-state index is 0.376. The maximum absolute atomic E-state index is 5.28. The van der Waals surface area contributed by atoms with E-state index in [1.807, 2.05) is 18.2 Å². The maximum Gasteiger partial charge on any atom is 0.266 e. The van der Waals surface area contributed by atoms with E-state index in [1.54, 1.807) is 18.5 Å². The van der Waals surface area contributed by atoms with Crippen LogP contribution in [0.25, 0.3) is 22.5 Å². The van der Waals surface area contributed by atoms with Gasteiger partial charge in [0.15, 0.2) is 11.4 Å². The van der Waals surface area contributed by atoms with Crippen LogP contribution in [0.2, 0.25) is 0 Å². The van der Waals surface area contributed by atoms with Gasteiger partial charge in [-0.1, -0.05) is 0 Å². The van der Waals surface area contributed by atoms with Crippen molar-refractivity contribution in [2.45, 2.75) is 0 Å². The third-order valence-corrected chi connectivity index (χ3v) is 2.43. The first kappa shape index (κ1) is 9.23. The molecule has 16 heavy (non-hydrogen) atoms. The van der Waals surface area contributed by atoms with E-state index in [1.165, 1.54) is 0 Å². The number of fused-ring (bicyclic) bond motifs is 1. The van der Waals surface area contributed by atoms with Crippen molar-refractivity contribution in [1.82, 2.24) is 15.0 Å². The van der Waals surface area contributed by atoms with Crippen LogP contribution in [0, 0.1) is 4.84 Å². The average Bonchev–Trinajstić information content (AvgIpc) is 2.69. The van der Waals surface area contributed by atoms with Crippen molar-refractivity contribution in [1.29, 1.82) is 0 Å². The standard InChI is InChI=1S/C11H7N3OS/c16-11-14-8-6-7(2-3-9(8)15-11)10-12-4-1-5-13-10/h1-6H,(H,14,16). The minimum Gasteiger partial charge on any atom is -0.429 e. The van der Waals surface area contributed by atoms with Crippen molar-refractivity contribution in [2.75, 3.05) is 0 Å². The number of hydrogen-bond acceptors (Lipinski definition) is 4. The van der Waals surface area contributed by atoms with E-state index in [2.05, 4.69) is 15.0 Å². The van der Waals surface area contributed by atoms with Gasteiger partial charge in [-0.3, -0.25) is 0 Å². The summed E-state index contributed by atoms with van der Waals surface area (Å²) in [6, 6.07) is 7.47. The second kappa shape index (κ2) is 3.53. The van der Waals surface area contributed by atoms with Gasteiger partial charge in [0.1, 0.15) is 0 Å². The van der Waals surface area contributed by atoms with E-state index < -0.39 is 0 Å². The van der Waals surface area contributed by atoms with Crippen molar-refractivity contribution in [2.24, 2.45) is 0 Å². The molecular weight excluding hydrogens is 222 g/mol. The summed E-state index contributed by atoms with van der Waals surface area (Å²) in [6.45, 7) is 0. The van der Waals surface area contributed by atoms with Gasteiger partial charge < -0.3 is 9.40 Å². The summed E-state index contributed by atoms with van der Waals surface area (Å²) < 4.78 is 5.28. The molecule has 0 bridgehead atoms. The maximum atomic E-state index is 5.28. The molecule has 0 amide bonds. The Balaban J connectivity index is 2.22. The second-order valence-electron chi connectivity index (χ2n) is 3.30. The van der Waals surface area contributed by atoms with Crippen LogP contribution in [0.15, 0.2) is 41.1 Å². The molecule has 0 radical (unpaired) electrons. The highest BCUT2D eigenvalue weighted by Crippen LogP contribution is 2.20. The fraction of sp³-hybridized carbons (Fsp3) is 0. The van der Waals surface area contributed by atoms with E-state index in [-0.39, 0.29) is 0 Å². The van der Waals surface area contributed by atoms with Gasteiger partial charge in [-0.15, -0.1) is 0 Å². The molecule has 0 aliphatic heterocycles. The molecule has 0 aliphatic rings. The number of rotatable bonds is 1. The molecule has 2 heterocycles. The molecule has 0 saturated carbocycles. The lowest BCUT2D eigenvalue weighted by atomic mass is 10.2. The molecular formula is C11H7N3OS. The van der Waals surface area contributed by atoms with Crippen molar-refractivity contribution in [3.63, 3.8) is 0 Å². The largest absolute Gasteiger partial charge is 0.429 e. The second-order valence-corrected chi connectivity index (χ2v) is 3.67. The highest BCUT2D eigenvalue weighted by molar-refractivity contribution is 7.71. The SMILES string of the molecule is S=c1[nH]c2cc(-c3ncccn3)ccc2o1. The van der Waals surface area contributed by atoms with Crippen LogP contribution in [-0.4, -0.2) is 15.0 Å². The summed E-state index contributed by atoms with van der Waals surface area (Å²) >= 11 is 4.92. The zero-order valence-corrected chi connectivity index (χ0v) is 8.99. The molecule has 4 nitrogen and oxygen atoms in total. The zero-order valence-electron chi connectivity index (χ0n) is 8.18.